The summed E-state index contributed by atoms with van der Waals surface area (Å²) in [7, 11) is 0. The van der Waals surface area contributed by atoms with E-state index in [1.165, 1.54) is 24.3 Å². The first kappa shape index (κ1) is 18.0. The van der Waals surface area contributed by atoms with Gasteiger partial charge in [-0.25, -0.2) is 4.79 Å². The molecule has 0 spiro atoms. The van der Waals surface area contributed by atoms with Gasteiger partial charge >= 0.3 is 17.1 Å². The molecule has 0 saturated carbocycles. The average Bonchev–Trinajstić information content (AvgIpc) is 2.63. The van der Waals surface area contributed by atoms with E-state index >= 15 is 0 Å². The molecule has 0 aliphatic carbocycles. The molecule has 4 N–H and O–H groups in total. The Morgan fingerprint density at radius 1 is 1.15 bits per heavy atom. The molecule has 1 radical (unpaired) electrons. The summed E-state index contributed by atoms with van der Waals surface area (Å²) in [5.74, 6) is -1.03. The number of aromatic amines is 2. The maximum atomic E-state index is 11.6. The van der Waals surface area contributed by atoms with Gasteiger partial charge in [-0.3, -0.25) is 19.7 Å². The van der Waals surface area contributed by atoms with E-state index in [9.17, 15) is 24.5 Å². The number of fused-ring (bicyclic) bond motifs is 1. The average molecular weight is 369 g/mol. The van der Waals surface area contributed by atoms with E-state index < -0.39 is 22.0 Å². The van der Waals surface area contributed by atoms with Gasteiger partial charge in [-0.15, -0.1) is 0 Å². The molecule has 10 heteroatoms. The maximum absolute atomic E-state index is 11.6. The van der Waals surface area contributed by atoms with E-state index in [0.29, 0.717) is 11.1 Å². The highest BCUT2D eigenvalue weighted by Gasteiger charge is 2.14. The van der Waals surface area contributed by atoms with Crippen molar-refractivity contribution in [3.8, 4) is 0 Å². The summed E-state index contributed by atoms with van der Waals surface area (Å²) in [6.45, 7) is 1.72. The van der Waals surface area contributed by atoms with Gasteiger partial charge in [0.2, 0.25) is 0 Å². The minimum Gasteiger partial charge on any atom is -0.478 e. The second-order valence-electron chi connectivity index (χ2n) is 5.65. The number of hydrogen-bond acceptors (Lipinski definition) is 6. The Kier molecular flexibility index (Phi) is 4.81. The van der Waals surface area contributed by atoms with Crippen LogP contribution < -0.4 is 16.4 Å². The number of H-pyrrole nitrogens is 2. The molecule has 137 valence electrons. The summed E-state index contributed by atoms with van der Waals surface area (Å²) in [6.07, 6.45) is 0. The zero-order valence-corrected chi connectivity index (χ0v) is 13.7. The molecular formula is C17H13N4O6. The molecule has 1 heterocycles. The number of nitrogens with one attached hydrogen (secondary N) is 3. The molecule has 0 saturated heterocycles. The minimum atomic E-state index is -1.03. The molecule has 0 aliphatic heterocycles. The fraction of sp³-hybridized carbons (Fsp3) is 0.0588. The highest BCUT2D eigenvalue weighted by molar-refractivity contribution is 5.87. The number of carboxylic acids is 1. The third-order valence-electron chi connectivity index (χ3n) is 3.83. The molecule has 10 nitrogen and oxygen atoms in total. The van der Waals surface area contributed by atoms with Crippen LogP contribution in [0.15, 0.2) is 46.0 Å². The predicted octanol–water partition coefficient (Wildman–Crippen LogP) is 1.12. The summed E-state index contributed by atoms with van der Waals surface area (Å²) in [4.78, 5) is 49.1. The van der Waals surface area contributed by atoms with Gasteiger partial charge in [-0.1, -0.05) is 12.1 Å². The summed E-state index contributed by atoms with van der Waals surface area (Å²) in [6, 6.07) is 8.56. The Bertz CT molecular complexity index is 1150. The topological polar surface area (TPSA) is 158 Å². The van der Waals surface area contributed by atoms with Crippen LogP contribution in [0.2, 0.25) is 0 Å². The van der Waals surface area contributed by atoms with Crippen molar-refractivity contribution in [3.05, 3.63) is 90.5 Å². The Balaban J connectivity index is 1.86. The smallest absolute Gasteiger partial charge is 0.335 e. The first-order chi connectivity index (χ1) is 12.8. The summed E-state index contributed by atoms with van der Waals surface area (Å²) in [5, 5.41) is 22.9. The van der Waals surface area contributed by atoms with E-state index in [-0.39, 0.29) is 28.8 Å². The number of nitro benzene ring substituents is 1. The highest BCUT2D eigenvalue weighted by Crippen LogP contribution is 2.21. The van der Waals surface area contributed by atoms with Crippen LogP contribution in [0.3, 0.4) is 0 Å². The normalized spacial score (nSPS) is 10.8. The fourth-order valence-corrected chi connectivity index (χ4v) is 2.53. The van der Waals surface area contributed by atoms with Crippen LogP contribution in [0.25, 0.3) is 11.0 Å². The molecule has 0 aliphatic rings. The largest absolute Gasteiger partial charge is 0.478 e. The predicted molar refractivity (Wildman–Crippen MR) is 95.5 cm³/mol. The summed E-state index contributed by atoms with van der Waals surface area (Å²) < 4.78 is 0. The Morgan fingerprint density at radius 2 is 1.81 bits per heavy atom. The van der Waals surface area contributed by atoms with Gasteiger partial charge < -0.3 is 20.4 Å². The van der Waals surface area contributed by atoms with Crippen LogP contribution in [0, 0.1) is 16.7 Å². The fourth-order valence-electron chi connectivity index (χ4n) is 2.53. The lowest BCUT2D eigenvalue weighted by Gasteiger charge is -2.08. The van der Waals surface area contributed by atoms with Gasteiger partial charge in [0.15, 0.2) is 0 Å². The van der Waals surface area contributed by atoms with Crippen molar-refractivity contribution < 1.29 is 14.8 Å². The molecule has 0 bridgehead atoms. The lowest BCUT2D eigenvalue weighted by molar-refractivity contribution is -0.384. The SMILES string of the molecule is O=C(O)c1ccc([CH]NCc2cc([N+](=O)[O-])cc3[nH]c(=O)c(=O)[nH]c23)cc1. The van der Waals surface area contributed by atoms with E-state index in [0.717, 1.165) is 0 Å². The molecule has 0 atom stereocenters. The van der Waals surface area contributed by atoms with Gasteiger partial charge in [-0.2, -0.15) is 0 Å². The zero-order valence-electron chi connectivity index (χ0n) is 13.7. The van der Waals surface area contributed by atoms with Crippen molar-refractivity contribution >= 4 is 22.7 Å². The van der Waals surface area contributed by atoms with Crippen LogP contribution >= 0.6 is 0 Å². The van der Waals surface area contributed by atoms with Crippen LogP contribution in [0.4, 0.5) is 5.69 Å². The highest BCUT2D eigenvalue weighted by atomic mass is 16.6. The monoisotopic (exact) mass is 369 g/mol. The number of carboxylic acid groups (broad SMARTS) is 1. The molecule has 2 aromatic carbocycles. The van der Waals surface area contributed by atoms with Gasteiger partial charge in [0, 0.05) is 18.7 Å². The van der Waals surface area contributed by atoms with Crippen LogP contribution in [0.1, 0.15) is 21.5 Å². The first-order valence-corrected chi connectivity index (χ1v) is 7.69. The molecule has 0 fully saturated rings. The van der Waals surface area contributed by atoms with Crippen molar-refractivity contribution in [1.29, 1.82) is 0 Å². The van der Waals surface area contributed by atoms with Gasteiger partial charge in [0.25, 0.3) is 5.69 Å². The van der Waals surface area contributed by atoms with Crippen LogP contribution in [-0.4, -0.2) is 26.0 Å². The number of benzene rings is 2. The molecule has 3 rings (SSSR count). The lowest BCUT2D eigenvalue weighted by atomic mass is 10.1. The van der Waals surface area contributed by atoms with Gasteiger partial charge in [0.05, 0.1) is 28.1 Å². The Hall–Kier alpha value is -3.79. The molecule has 0 amide bonds. The second-order valence-corrected chi connectivity index (χ2v) is 5.65. The van der Waals surface area contributed by atoms with E-state index in [4.69, 9.17) is 5.11 Å². The van der Waals surface area contributed by atoms with E-state index in [1.807, 2.05) is 0 Å². The van der Waals surface area contributed by atoms with Crippen molar-refractivity contribution in [2.24, 2.45) is 0 Å². The summed E-state index contributed by atoms with van der Waals surface area (Å²) >= 11 is 0. The first-order valence-electron chi connectivity index (χ1n) is 7.69. The quantitative estimate of drug-likeness (QED) is 0.288. The number of non-ortho nitro benzene ring substituents is 1. The van der Waals surface area contributed by atoms with Crippen molar-refractivity contribution in [1.82, 2.24) is 15.3 Å². The number of rotatable bonds is 6. The van der Waals surface area contributed by atoms with Crippen molar-refractivity contribution in [3.63, 3.8) is 0 Å². The van der Waals surface area contributed by atoms with Crippen molar-refractivity contribution in [2.75, 3.05) is 0 Å². The third kappa shape index (κ3) is 3.90. The number of carbonyl (C=O) groups is 1. The Labute approximate surface area is 150 Å². The van der Waals surface area contributed by atoms with E-state index in [2.05, 4.69) is 15.3 Å². The number of aromatic nitrogens is 2. The third-order valence-corrected chi connectivity index (χ3v) is 3.83. The summed E-state index contributed by atoms with van der Waals surface area (Å²) in [5.41, 5.74) is -0.296. The number of nitro groups is 1. The number of hydrogen-bond donors (Lipinski definition) is 4. The maximum Gasteiger partial charge on any atom is 0.335 e. The van der Waals surface area contributed by atoms with Crippen LogP contribution in [-0.2, 0) is 6.54 Å². The Morgan fingerprint density at radius 3 is 2.44 bits per heavy atom. The zero-order chi connectivity index (χ0) is 19.6. The van der Waals surface area contributed by atoms with E-state index in [1.54, 1.807) is 18.7 Å². The van der Waals surface area contributed by atoms with Gasteiger partial charge in [0.1, 0.15) is 0 Å². The van der Waals surface area contributed by atoms with Gasteiger partial charge in [-0.05, 0) is 23.3 Å². The molecule has 0 unspecified atom stereocenters. The second kappa shape index (κ2) is 7.22. The standard InChI is InChI=1S/C17H13N4O6/c22-15-16(23)20-14-11(5-12(21(26)27)6-13(14)19-15)8-18-7-9-1-3-10(4-2-9)17(24)25/h1-7,18H,8H2,(H,19,22)(H,20,23)(H,24,25). The molecule has 3 aromatic rings. The molecule has 27 heavy (non-hydrogen) atoms. The minimum absolute atomic E-state index is 0.126. The molecule has 1 aromatic heterocycles. The van der Waals surface area contributed by atoms with Crippen molar-refractivity contribution in [2.45, 2.75) is 6.54 Å². The number of nitrogens with zero attached hydrogens (tertiary/aromatic N) is 1. The lowest BCUT2D eigenvalue weighted by Crippen LogP contribution is -2.29. The molecular weight excluding hydrogens is 356 g/mol. The number of aromatic carboxylic acids is 1. The van der Waals surface area contributed by atoms with Crippen LogP contribution in [0.5, 0.6) is 0 Å².